The van der Waals surface area contributed by atoms with Crippen LogP contribution < -0.4 is 10.1 Å². The van der Waals surface area contributed by atoms with Gasteiger partial charge in [-0.25, -0.2) is 0 Å². The summed E-state index contributed by atoms with van der Waals surface area (Å²) in [5.41, 5.74) is 7.18. The maximum atomic E-state index is 13.0. The Bertz CT molecular complexity index is 1130. The van der Waals surface area contributed by atoms with Gasteiger partial charge in [0.2, 0.25) is 5.91 Å². The van der Waals surface area contributed by atoms with Crippen molar-refractivity contribution >= 4 is 17.5 Å². The number of aromatic nitrogens is 1. The van der Waals surface area contributed by atoms with Crippen LogP contribution in [0.4, 0.5) is 5.69 Å². The molecule has 0 atom stereocenters. The molecule has 33 heavy (non-hydrogen) atoms. The normalized spacial score (nSPS) is 10.6. The highest BCUT2D eigenvalue weighted by Gasteiger charge is 2.18. The van der Waals surface area contributed by atoms with Gasteiger partial charge in [-0.05, 0) is 75.1 Å². The number of anilines is 1. The van der Waals surface area contributed by atoms with Crippen molar-refractivity contribution in [1.29, 1.82) is 0 Å². The van der Waals surface area contributed by atoms with Crippen LogP contribution in [-0.4, -0.2) is 35.3 Å². The number of nitrogens with one attached hydrogen (secondary N) is 1. The zero-order chi connectivity index (χ0) is 24.1. The van der Waals surface area contributed by atoms with Crippen LogP contribution in [0.3, 0.4) is 0 Å². The predicted octanol–water partition coefficient (Wildman–Crippen LogP) is 4.91. The Kier molecular flexibility index (Phi) is 7.48. The highest BCUT2D eigenvalue weighted by atomic mass is 16.5. The van der Waals surface area contributed by atoms with E-state index < -0.39 is 0 Å². The summed E-state index contributed by atoms with van der Waals surface area (Å²) in [4.78, 5) is 31.2. The minimum absolute atomic E-state index is 0.0387. The number of benzene rings is 2. The van der Waals surface area contributed by atoms with E-state index in [4.69, 9.17) is 4.74 Å². The Labute approximate surface area is 195 Å². The number of amides is 2. The number of hydrogen-bond donors (Lipinski definition) is 1. The summed E-state index contributed by atoms with van der Waals surface area (Å²) >= 11 is 0. The molecule has 0 saturated carbocycles. The van der Waals surface area contributed by atoms with Gasteiger partial charge in [0, 0.05) is 36.3 Å². The minimum atomic E-state index is -0.231. The van der Waals surface area contributed by atoms with Crippen LogP contribution in [0, 0.1) is 34.6 Å². The molecule has 172 valence electrons. The maximum Gasteiger partial charge on any atom is 0.254 e. The molecule has 0 unspecified atom stereocenters. The molecule has 6 heteroatoms. The molecule has 0 aliphatic rings. The van der Waals surface area contributed by atoms with Crippen molar-refractivity contribution in [2.75, 3.05) is 18.9 Å². The van der Waals surface area contributed by atoms with Crippen LogP contribution >= 0.6 is 0 Å². The minimum Gasteiger partial charge on any atom is -0.488 e. The SMILES string of the molecule is Cc1cc(C)c(NC(=O)CN(C)C(=O)c2cc(C)c(OCc3cccnc3)c(C)c2)c(C)c1. The van der Waals surface area contributed by atoms with Crippen molar-refractivity contribution in [3.63, 3.8) is 0 Å². The Hall–Kier alpha value is -3.67. The number of nitrogens with zero attached hydrogens (tertiary/aromatic N) is 2. The third-order valence-corrected chi connectivity index (χ3v) is 5.48. The van der Waals surface area contributed by atoms with Gasteiger partial charge in [0.05, 0.1) is 6.54 Å². The van der Waals surface area contributed by atoms with E-state index in [1.54, 1.807) is 31.6 Å². The van der Waals surface area contributed by atoms with Crippen LogP contribution in [0.15, 0.2) is 48.8 Å². The molecule has 1 N–H and O–H groups in total. The smallest absolute Gasteiger partial charge is 0.254 e. The van der Waals surface area contributed by atoms with Crippen molar-refractivity contribution in [2.45, 2.75) is 41.2 Å². The van der Waals surface area contributed by atoms with Crippen LogP contribution in [0.2, 0.25) is 0 Å². The van der Waals surface area contributed by atoms with Gasteiger partial charge in [-0.3, -0.25) is 14.6 Å². The average Bonchev–Trinajstić information content (AvgIpc) is 2.75. The molecule has 6 nitrogen and oxygen atoms in total. The van der Waals surface area contributed by atoms with E-state index in [1.807, 2.05) is 58.9 Å². The summed E-state index contributed by atoms with van der Waals surface area (Å²) < 4.78 is 5.98. The molecule has 1 aromatic heterocycles. The van der Waals surface area contributed by atoms with Crippen LogP contribution in [-0.2, 0) is 11.4 Å². The number of likely N-dealkylation sites (N-methyl/N-ethyl adjacent to an activating group) is 1. The molecule has 0 spiro atoms. The maximum absolute atomic E-state index is 13.0. The second-order valence-electron chi connectivity index (χ2n) is 8.57. The number of aryl methyl sites for hydroxylation is 5. The summed E-state index contributed by atoms with van der Waals surface area (Å²) in [7, 11) is 1.63. The fourth-order valence-electron chi connectivity index (χ4n) is 4.00. The Morgan fingerprint density at radius 3 is 2.18 bits per heavy atom. The zero-order valence-corrected chi connectivity index (χ0v) is 20.2. The summed E-state index contributed by atoms with van der Waals surface area (Å²) in [5, 5.41) is 2.95. The van der Waals surface area contributed by atoms with Gasteiger partial charge in [0.15, 0.2) is 0 Å². The molecule has 1 heterocycles. The first-order valence-electron chi connectivity index (χ1n) is 10.9. The van der Waals surface area contributed by atoms with E-state index in [-0.39, 0.29) is 18.4 Å². The first-order chi connectivity index (χ1) is 15.7. The lowest BCUT2D eigenvalue weighted by molar-refractivity contribution is -0.116. The largest absolute Gasteiger partial charge is 0.488 e. The molecule has 3 rings (SSSR count). The molecular weight excluding hydrogens is 414 g/mol. The van der Waals surface area contributed by atoms with E-state index >= 15 is 0 Å². The van der Waals surface area contributed by atoms with E-state index in [2.05, 4.69) is 10.3 Å². The quantitative estimate of drug-likeness (QED) is 0.561. The molecule has 0 saturated heterocycles. The first kappa shape index (κ1) is 24.0. The lowest BCUT2D eigenvalue weighted by atomic mass is 10.0. The molecule has 0 aliphatic heterocycles. The van der Waals surface area contributed by atoms with Gasteiger partial charge in [0.25, 0.3) is 5.91 Å². The zero-order valence-electron chi connectivity index (χ0n) is 20.2. The second kappa shape index (κ2) is 10.3. The number of pyridine rings is 1. The fraction of sp³-hybridized carbons (Fsp3) is 0.296. The summed E-state index contributed by atoms with van der Waals surface area (Å²) in [6, 6.07) is 11.5. The Morgan fingerprint density at radius 2 is 1.61 bits per heavy atom. The van der Waals surface area contributed by atoms with Crippen LogP contribution in [0.5, 0.6) is 5.75 Å². The second-order valence-corrected chi connectivity index (χ2v) is 8.57. The fourth-order valence-corrected chi connectivity index (χ4v) is 4.00. The molecule has 0 bridgehead atoms. The van der Waals surface area contributed by atoms with E-state index in [9.17, 15) is 9.59 Å². The van der Waals surface area contributed by atoms with Gasteiger partial charge in [0.1, 0.15) is 12.4 Å². The lowest BCUT2D eigenvalue weighted by Gasteiger charge is -2.20. The van der Waals surface area contributed by atoms with Gasteiger partial charge >= 0.3 is 0 Å². The third kappa shape index (κ3) is 5.98. The van der Waals surface area contributed by atoms with Gasteiger partial charge in [-0.1, -0.05) is 23.8 Å². The van der Waals surface area contributed by atoms with Crippen molar-refractivity contribution in [1.82, 2.24) is 9.88 Å². The van der Waals surface area contributed by atoms with E-state index in [0.29, 0.717) is 12.2 Å². The van der Waals surface area contributed by atoms with Crippen molar-refractivity contribution in [3.8, 4) is 5.75 Å². The summed E-state index contributed by atoms with van der Waals surface area (Å²) in [6.07, 6.45) is 3.49. The first-order valence-corrected chi connectivity index (χ1v) is 10.9. The van der Waals surface area contributed by atoms with Gasteiger partial charge < -0.3 is 15.0 Å². The highest BCUT2D eigenvalue weighted by Crippen LogP contribution is 2.26. The summed E-state index contributed by atoms with van der Waals surface area (Å²) in [5.74, 6) is 0.305. The number of carbonyl (C=O) groups is 2. The molecule has 2 amide bonds. The van der Waals surface area contributed by atoms with Crippen molar-refractivity contribution < 1.29 is 14.3 Å². The molecule has 2 aromatic carbocycles. The number of hydrogen-bond acceptors (Lipinski definition) is 4. The molecule has 0 fully saturated rings. The van der Waals surface area contributed by atoms with Crippen molar-refractivity contribution in [2.24, 2.45) is 0 Å². The topological polar surface area (TPSA) is 71.5 Å². The molecule has 3 aromatic rings. The third-order valence-electron chi connectivity index (χ3n) is 5.48. The van der Waals surface area contributed by atoms with E-state index in [1.165, 1.54) is 4.90 Å². The Balaban J connectivity index is 1.67. The molecule has 0 radical (unpaired) electrons. The highest BCUT2D eigenvalue weighted by molar-refractivity contribution is 6.00. The predicted molar refractivity (Wildman–Crippen MR) is 131 cm³/mol. The van der Waals surface area contributed by atoms with Crippen molar-refractivity contribution in [3.05, 3.63) is 87.7 Å². The molecular formula is C27H31N3O3. The summed E-state index contributed by atoms with van der Waals surface area (Å²) in [6.45, 7) is 10.2. The van der Waals surface area contributed by atoms with Gasteiger partial charge in [-0.15, -0.1) is 0 Å². The monoisotopic (exact) mass is 445 g/mol. The van der Waals surface area contributed by atoms with Gasteiger partial charge in [-0.2, -0.15) is 0 Å². The number of ether oxygens (including phenoxy) is 1. The average molecular weight is 446 g/mol. The van der Waals surface area contributed by atoms with E-state index in [0.717, 1.165) is 44.8 Å². The van der Waals surface area contributed by atoms with Crippen LogP contribution in [0.1, 0.15) is 43.7 Å². The number of rotatable bonds is 7. The Morgan fingerprint density at radius 1 is 0.970 bits per heavy atom. The molecule has 0 aliphatic carbocycles. The lowest BCUT2D eigenvalue weighted by Crippen LogP contribution is -2.35. The number of carbonyl (C=O) groups excluding carboxylic acids is 2. The standard InChI is InChI=1S/C27H31N3O3/c1-17-10-18(2)25(19(3)11-17)29-24(31)15-30(6)27(32)23-12-20(4)26(21(5)13-23)33-16-22-8-7-9-28-14-22/h7-14H,15-16H2,1-6H3,(H,29,31). The van der Waals surface area contributed by atoms with Crippen LogP contribution in [0.25, 0.3) is 0 Å².